The van der Waals surface area contributed by atoms with Crippen LogP contribution in [0.25, 0.3) is 16.9 Å². The second kappa shape index (κ2) is 8.26. The van der Waals surface area contributed by atoms with E-state index in [0.29, 0.717) is 26.4 Å². The Kier molecular flexibility index (Phi) is 5.84. The van der Waals surface area contributed by atoms with Gasteiger partial charge in [-0.15, -0.1) is 0 Å². The van der Waals surface area contributed by atoms with Gasteiger partial charge in [-0.05, 0) is 57.0 Å². The van der Waals surface area contributed by atoms with E-state index in [-0.39, 0.29) is 11.4 Å². The van der Waals surface area contributed by atoms with Gasteiger partial charge in [0.2, 0.25) is 0 Å². The Morgan fingerprint density at radius 1 is 1.03 bits per heavy atom. The van der Waals surface area contributed by atoms with Crippen LogP contribution in [-0.2, 0) is 0 Å². The van der Waals surface area contributed by atoms with Crippen LogP contribution >= 0.6 is 34.8 Å². The van der Waals surface area contributed by atoms with E-state index in [9.17, 15) is 4.79 Å². The van der Waals surface area contributed by atoms with Crippen molar-refractivity contribution in [3.63, 3.8) is 0 Å². The fourth-order valence-electron chi connectivity index (χ4n) is 4.10. The third-order valence-electron chi connectivity index (χ3n) is 5.72. The van der Waals surface area contributed by atoms with Crippen LogP contribution in [0.5, 0.6) is 0 Å². The molecule has 0 bridgehead atoms. The molecule has 2 aromatic carbocycles. The Labute approximate surface area is 191 Å². The van der Waals surface area contributed by atoms with E-state index in [0.717, 1.165) is 42.5 Å². The number of halogens is 3. The number of hydrogen-bond donors (Lipinski definition) is 1. The molecule has 1 aliphatic carbocycles. The van der Waals surface area contributed by atoms with Gasteiger partial charge in [-0.25, -0.2) is 4.68 Å². The maximum atomic E-state index is 13.2. The van der Waals surface area contributed by atoms with Crippen molar-refractivity contribution >= 4 is 40.7 Å². The molecule has 1 saturated carbocycles. The van der Waals surface area contributed by atoms with Crippen molar-refractivity contribution < 1.29 is 4.79 Å². The fraction of sp³-hybridized carbons (Fsp3) is 0.304. The second-order valence-electron chi connectivity index (χ2n) is 8.06. The van der Waals surface area contributed by atoms with Crippen LogP contribution < -0.4 is 5.32 Å². The monoisotopic (exact) mass is 461 g/mol. The largest absolute Gasteiger partial charge is 0.345 e. The zero-order valence-corrected chi connectivity index (χ0v) is 19.1. The highest BCUT2D eigenvalue weighted by molar-refractivity contribution is 6.35. The van der Waals surface area contributed by atoms with Crippen molar-refractivity contribution in [2.45, 2.75) is 45.1 Å². The second-order valence-corrected chi connectivity index (χ2v) is 9.34. The molecule has 0 saturated heterocycles. The maximum Gasteiger partial charge on any atom is 0.272 e. The van der Waals surface area contributed by atoms with Gasteiger partial charge in [0.15, 0.2) is 5.69 Å². The molecule has 4 nitrogen and oxygen atoms in total. The Bertz CT molecular complexity index is 1100. The van der Waals surface area contributed by atoms with Crippen molar-refractivity contribution in [1.82, 2.24) is 15.1 Å². The first-order chi connectivity index (χ1) is 14.3. The van der Waals surface area contributed by atoms with Crippen LogP contribution in [-0.4, -0.2) is 21.2 Å². The SMILES string of the molecule is Cc1c(C(=O)NC2(C)CCCC2)nn(-c2ccc(Cl)cc2Cl)c1-c1ccc(Cl)cc1. The molecule has 3 aromatic rings. The lowest BCUT2D eigenvalue weighted by Crippen LogP contribution is -2.44. The van der Waals surface area contributed by atoms with Gasteiger partial charge < -0.3 is 5.32 Å². The van der Waals surface area contributed by atoms with E-state index < -0.39 is 0 Å². The molecule has 1 fully saturated rings. The zero-order valence-electron chi connectivity index (χ0n) is 16.8. The summed E-state index contributed by atoms with van der Waals surface area (Å²) in [5.74, 6) is -0.170. The number of amides is 1. The predicted molar refractivity (Wildman–Crippen MR) is 123 cm³/mol. The molecule has 1 aliphatic rings. The van der Waals surface area contributed by atoms with Crippen molar-refractivity contribution in [3.05, 3.63) is 68.8 Å². The highest BCUT2D eigenvalue weighted by atomic mass is 35.5. The van der Waals surface area contributed by atoms with Crippen molar-refractivity contribution in [1.29, 1.82) is 0 Å². The molecule has 0 atom stereocenters. The Morgan fingerprint density at radius 3 is 2.30 bits per heavy atom. The average molecular weight is 463 g/mol. The van der Waals surface area contributed by atoms with Crippen LogP contribution in [0.3, 0.4) is 0 Å². The number of rotatable bonds is 4. The minimum absolute atomic E-state index is 0.170. The van der Waals surface area contributed by atoms with Gasteiger partial charge >= 0.3 is 0 Å². The summed E-state index contributed by atoms with van der Waals surface area (Å²) in [5.41, 5.74) is 3.31. The van der Waals surface area contributed by atoms with Crippen molar-refractivity contribution in [3.8, 4) is 16.9 Å². The van der Waals surface area contributed by atoms with Crippen LogP contribution in [0, 0.1) is 6.92 Å². The highest BCUT2D eigenvalue weighted by Crippen LogP contribution is 2.34. The number of nitrogens with zero attached hydrogens (tertiary/aromatic N) is 2. The molecule has 0 radical (unpaired) electrons. The third-order valence-corrected chi connectivity index (χ3v) is 6.51. The van der Waals surface area contributed by atoms with E-state index >= 15 is 0 Å². The number of carbonyl (C=O) groups excluding carboxylic acids is 1. The number of hydrogen-bond acceptors (Lipinski definition) is 2. The zero-order chi connectivity index (χ0) is 21.5. The summed E-state index contributed by atoms with van der Waals surface area (Å²) in [4.78, 5) is 13.2. The number of carbonyl (C=O) groups is 1. The van der Waals surface area contributed by atoms with E-state index in [1.165, 1.54) is 0 Å². The van der Waals surface area contributed by atoms with Gasteiger partial charge in [-0.3, -0.25) is 4.79 Å². The summed E-state index contributed by atoms with van der Waals surface area (Å²) < 4.78 is 1.71. The molecule has 7 heteroatoms. The summed E-state index contributed by atoms with van der Waals surface area (Å²) in [5, 5.41) is 9.51. The number of nitrogens with one attached hydrogen (secondary N) is 1. The normalized spacial score (nSPS) is 15.4. The maximum absolute atomic E-state index is 13.2. The van der Waals surface area contributed by atoms with Gasteiger partial charge in [0.25, 0.3) is 5.91 Å². The molecule has 4 rings (SSSR count). The quantitative estimate of drug-likeness (QED) is 0.460. The van der Waals surface area contributed by atoms with Crippen LogP contribution in [0.15, 0.2) is 42.5 Å². The van der Waals surface area contributed by atoms with Gasteiger partial charge in [0.1, 0.15) is 0 Å². The Morgan fingerprint density at radius 2 is 1.67 bits per heavy atom. The number of benzene rings is 2. The lowest BCUT2D eigenvalue weighted by Gasteiger charge is -2.24. The first kappa shape index (κ1) is 21.2. The lowest BCUT2D eigenvalue weighted by molar-refractivity contribution is 0.0902. The molecule has 1 N–H and O–H groups in total. The first-order valence-electron chi connectivity index (χ1n) is 9.91. The van der Waals surface area contributed by atoms with E-state index in [2.05, 4.69) is 17.3 Å². The summed E-state index contributed by atoms with van der Waals surface area (Å²) >= 11 is 18.6. The van der Waals surface area contributed by atoms with Gasteiger partial charge in [0, 0.05) is 26.7 Å². The standard InChI is InChI=1S/C23H22Cl3N3O/c1-14-20(22(30)27-23(2)11-3-4-12-23)28-29(19-10-9-17(25)13-18(19)26)21(14)15-5-7-16(24)8-6-15/h5-10,13H,3-4,11-12H2,1-2H3,(H,27,30). The van der Waals surface area contributed by atoms with Crippen LogP contribution in [0.1, 0.15) is 48.7 Å². The first-order valence-corrected chi connectivity index (χ1v) is 11.0. The fourth-order valence-corrected chi connectivity index (χ4v) is 4.71. The minimum Gasteiger partial charge on any atom is -0.345 e. The summed E-state index contributed by atoms with van der Waals surface area (Å²) in [6, 6.07) is 12.7. The van der Waals surface area contributed by atoms with Gasteiger partial charge in [-0.1, -0.05) is 59.8 Å². The van der Waals surface area contributed by atoms with E-state index in [4.69, 9.17) is 34.8 Å². The molecule has 0 aliphatic heterocycles. The van der Waals surface area contributed by atoms with Gasteiger partial charge in [-0.2, -0.15) is 5.10 Å². The van der Waals surface area contributed by atoms with Gasteiger partial charge in [0.05, 0.1) is 16.4 Å². The molecular weight excluding hydrogens is 441 g/mol. The lowest BCUT2D eigenvalue weighted by atomic mass is 10.00. The third kappa shape index (κ3) is 4.09. The summed E-state index contributed by atoms with van der Waals surface area (Å²) in [7, 11) is 0. The topological polar surface area (TPSA) is 46.9 Å². The van der Waals surface area contributed by atoms with Crippen molar-refractivity contribution in [2.24, 2.45) is 0 Å². The molecule has 1 aromatic heterocycles. The molecule has 0 unspecified atom stereocenters. The Hall–Kier alpha value is -2.01. The summed E-state index contributed by atoms with van der Waals surface area (Å²) in [6.45, 7) is 4.00. The van der Waals surface area contributed by atoms with E-state index in [1.54, 1.807) is 22.9 Å². The molecule has 156 valence electrons. The summed E-state index contributed by atoms with van der Waals surface area (Å²) in [6.07, 6.45) is 4.21. The smallest absolute Gasteiger partial charge is 0.272 e. The molecule has 0 spiro atoms. The molecule has 1 amide bonds. The van der Waals surface area contributed by atoms with E-state index in [1.807, 2.05) is 31.2 Å². The van der Waals surface area contributed by atoms with Crippen LogP contribution in [0.2, 0.25) is 15.1 Å². The van der Waals surface area contributed by atoms with Crippen LogP contribution in [0.4, 0.5) is 0 Å². The average Bonchev–Trinajstić information content (AvgIpc) is 3.26. The molecular formula is C23H22Cl3N3O. The predicted octanol–water partition coefficient (Wildman–Crippen LogP) is 6.87. The molecule has 30 heavy (non-hydrogen) atoms. The molecule has 1 heterocycles. The minimum atomic E-state index is -0.189. The highest BCUT2D eigenvalue weighted by Gasteiger charge is 2.32. The number of aromatic nitrogens is 2. The van der Waals surface area contributed by atoms with Crippen molar-refractivity contribution in [2.75, 3.05) is 0 Å². The Balaban J connectivity index is 1.84.